The minimum atomic E-state index is -3.97. The van der Waals surface area contributed by atoms with Crippen molar-refractivity contribution in [2.45, 2.75) is 17.4 Å². The maximum atomic E-state index is 12.4. The van der Waals surface area contributed by atoms with Gasteiger partial charge in [0.2, 0.25) is 15.9 Å². The van der Waals surface area contributed by atoms with Gasteiger partial charge in [-0.15, -0.1) is 0 Å². The molecule has 1 aromatic carbocycles. The fourth-order valence-electron chi connectivity index (χ4n) is 2.28. The van der Waals surface area contributed by atoms with E-state index in [2.05, 4.69) is 10.6 Å². The highest BCUT2D eigenvalue weighted by molar-refractivity contribution is 7.89. The number of non-ortho nitro benzene ring substituents is 1. The highest BCUT2D eigenvalue weighted by Gasteiger charge is 2.26. The summed E-state index contributed by atoms with van der Waals surface area (Å²) in [5.74, 6) is -0.407. The minimum Gasteiger partial charge on any atom is -0.351 e. The Morgan fingerprint density at radius 1 is 1.52 bits per heavy atom. The van der Waals surface area contributed by atoms with Crippen molar-refractivity contribution in [2.24, 2.45) is 0 Å². The number of carbonyl (C=O) groups excluding carboxylic acids is 1. The molecule has 0 aliphatic carbocycles. The van der Waals surface area contributed by atoms with Crippen LogP contribution < -0.4 is 10.6 Å². The van der Waals surface area contributed by atoms with Crippen LogP contribution in [0.15, 0.2) is 29.2 Å². The summed E-state index contributed by atoms with van der Waals surface area (Å²) in [6.45, 7) is 1.13. The van der Waals surface area contributed by atoms with Gasteiger partial charge in [0.05, 0.1) is 16.4 Å². The Balaban J connectivity index is 2.07. The van der Waals surface area contributed by atoms with E-state index in [1.807, 2.05) is 0 Å². The first-order valence-electron chi connectivity index (χ1n) is 7.01. The topological polar surface area (TPSA) is 122 Å². The Labute approximate surface area is 133 Å². The molecular formula is C13H18N4O5S. The van der Waals surface area contributed by atoms with Crippen LogP contribution >= 0.6 is 0 Å². The van der Waals surface area contributed by atoms with Crippen molar-refractivity contribution < 1.29 is 18.1 Å². The first kappa shape index (κ1) is 17.3. The van der Waals surface area contributed by atoms with E-state index in [1.165, 1.54) is 25.2 Å². The second-order valence-corrected chi connectivity index (χ2v) is 7.32. The van der Waals surface area contributed by atoms with Crippen LogP contribution in [-0.2, 0) is 14.8 Å². The zero-order valence-corrected chi connectivity index (χ0v) is 13.4. The van der Waals surface area contributed by atoms with Crippen LogP contribution in [0, 0.1) is 10.1 Å². The molecule has 1 unspecified atom stereocenters. The van der Waals surface area contributed by atoms with Crippen LogP contribution in [0.1, 0.15) is 6.42 Å². The van der Waals surface area contributed by atoms with Crippen LogP contribution in [-0.4, -0.2) is 56.3 Å². The first-order chi connectivity index (χ1) is 10.8. The Hall–Kier alpha value is -2.04. The summed E-state index contributed by atoms with van der Waals surface area (Å²) in [6, 6.07) is 4.74. The molecule has 1 atom stereocenters. The third-order valence-electron chi connectivity index (χ3n) is 3.53. The lowest BCUT2D eigenvalue weighted by Gasteiger charge is -2.18. The molecule has 1 fully saturated rings. The molecule has 23 heavy (non-hydrogen) atoms. The first-order valence-corrected chi connectivity index (χ1v) is 8.45. The third-order valence-corrected chi connectivity index (χ3v) is 5.33. The van der Waals surface area contributed by atoms with Crippen molar-refractivity contribution in [1.29, 1.82) is 0 Å². The number of benzene rings is 1. The fraction of sp³-hybridized carbons (Fsp3) is 0.462. The molecule has 1 aliphatic rings. The largest absolute Gasteiger partial charge is 0.351 e. The Kier molecular flexibility index (Phi) is 5.29. The number of rotatable bonds is 6. The molecule has 126 valence electrons. The number of nitrogens with zero attached hydrogens (tertiary/aromatic N) is 2. The van der Waals surface area contributed by atoms with Crippen molar-refractivity contribution in [1.82, 2.24) is 14.9 Å². The number of nitro benzene ring substituents is 1. The van der Waals surface area contributed by atoms with E-state index in [-0.39, 0.29) is 23.2 Å². The molecule has 9 nitrogen and oxygen atoms in total. The van der Waals surface area contributed by atoms with Gasteiger partial charge < -0.3 is 10.6 Å². The average Bonchev–Trinajstić information content (AvgIpc) is 2.99. The molecule has 0 radical (unpaired) electrons. The van der Waals surface area contributed by atoms with Crippen LogP contribution in [0.2, 0.25) is 0 Å². The molecule has 2 N–H and O–H groups in total. The van der Waals surface area contributed by atoms with Crippen LogP contribution in [0.3, 0.4) is 0 Å². The molecule has 0 saturated carbocycles. The maximum absolute atomic E-state index is 12.4. The molecule has 2 rings (SSSR count). The maximum Gasteiger partial charge on any atom is 0.270 e. The Morgan fingerprint density at radius 2 is 2.26 bits per heavy atom. The van der Waals surface area contributed by atoms with Gasteiger partial charge in [-0.05, 0) is 19.0 Å². The van der Waals surface area contributed by atoms with Gasteiger partial charge in [-0.3, -0.25) is 14.9 Å². The zero-order chi connectivity index (χ0) is 17.0. The quantitative estimate of drug-likeness (QED) is 0.540. The van der Waals surface area contributed by atoms with E-state index in [0.29, 0.717) is 6.54 Å². The van der Waals surface area contributed by atoms with Gasteiger partial charge in [0.15, 0.2) is 0 Å². The third kappa shape index (κ3) is 4.24. The molecule has 0 spiro atoms. The van der Waals surface area contributed by atoms with Crippen molar-refractivity contribution >= 4 is 21.6 Å². The van der Waals surface area contributed by atoms with E-state index in [0.717, 1.165) is 23.3 Å². The highest BCUT2D eigenvalue weighted by atomic mass is 32.2. The lowest BCUT2D eigenvalue weighted by Crippen LogP contribution is -2.43. The predicted octanol–water partition coefficient (Wildman–Crippen LogP) is -0.307. The molecule has 0 bridgehead atoms. The number of likely N-dealkylation sites (N-methyl/N-ethyl adjacent to an activating group) is 1. The van der Waals surface area contributed by atoms with Crippen molar-refractivity contribution in [3.8, 4) is 0 Å². The second kappa shape index (κ2) is 7.02. The molecular weight excluding hydrogens is 324 g/mol. The van der Waals surface area contributed by atoms with Crippen molar-refractivity contribution in [3.05, 3.63) is 34.4 Å². The summed E-state index contributed by atoms with van der Waals surface area (Å²) < 4.78 is 25.7. The lowest BCUT2D eigenvalue weighted by atomic mass is 10.2. The summed E-state index contributed by atoms with van der Waals surface area (Å²) in [5.41, 5.74) is -0.319. The Bertz CT molecular complexity index is 700. The van der Waals surface area contributed by atoms with E-state index < -0.39 is 20.9 Å². The monoisotopic (exact) mass is 342 g/mol. The van der Waals surface area contributed by atoms with Crippen molar-refractivity contribution in [2.75, 3.05) is 26.7 Å². The molecule has 0 aromatic heterocycles. The van der Waals surface area contributed by atoms with E-state index in [9.17, 15) is 23.3 Å². The number of sulfonamides is 1. The lowest BCUT2D eigenvalue weighted by molar-refractivity contribution is -0.385. The van der Waals surface area contributed by atoms with E-state index in [4.69, 9.17) is 0 Å². The SMILES string of the molecule is CN(CC(=O)NC1CCNC1)S(=O)(=O)c1cccc([N+](=O)[O-])c1. The number of nitrogens with one attached hydrogen (secondary N) is 2. The van der Waals surface area contributed by atoms with Gasteiger partial charge in [0.1, 0.15) is 0 Å². The standard InChI is InChI=1S/C13H18N4O5S/c1-16(9-13(18)15-10-5-6-14-8-10)23(21,22)12-4-2-3-11(7-12)17(19)20/h2-4,7,10,14H,5-6,8-9H2,1H3,(H,15,18). The number of hydrogen-bond donors (Lipinski definition) is 2. The average molecular weight is 342 g/mol. The second-order valence-electron chi connectivity index (χ2n) is 5.27. The van der Waals surface area contributed by atoms with Gasteiger partial charge in [0.25, 0.3) is 5.69 Å². The molecule has 1 amide bonds. The van der Waals surface area contributed by atoms with Crippen LogP contribution in [0.25, 0.3) is 0 Å². The van der Waals surface area contributed by atoms with Gasteiger partial charge in [-0.2, -0.15) is 4.31 Å². The molecule has 1 heterocycles. The Morgan fingerprint density at radius 3 is 2.87 bits per heavy atom. The molecule has 1 aromatic rings. The van der Waals surface area contributed by atoms with E-state index >= 15 is 0 Å². The van der Waals surface area contributed by atoms with Crippen LogP contribution in [0.5, 0.6) is 0 Å². The highest BCUT2D eigenvalue weighted by Crippen LogP contribution is 2.20. The summed E-state index contributed by atoms with van der Waals surface area (Å²) in [5, 5.41) is 16.6. The molecule has 1 aliphatic heterocycles. The molecule has 10 heteroatoms. The van der Waals surface area contributed by atoms with E-state index in [1.54, 1.807) is 0 Å². The summed E-state index contributed by atoms with van der Waals surface area (Å²) in [7, 11) is -2.71. The van der Waals surface area contributed by atoms with Gasteiger partial charge >= 0.3 is 0 Å². The number of amides is 1. The smallest absolute Gasteiger partial charge is 0.270 e. The minimum absolute atomic E-state index is 0.00332. The summed E-state index contributed by atoms with van der Waals surface area (Å²) in [4.78, 5) is 21.8. The van der Waals surface area contributed by atoms with Crippen molar-refractivity contribution in [3.63, 3.8) is 0 Å². The zero-order valence-electron chi connectivity index (χ0n) is 12.6. The van der Waals surface area contributed by atoms with Gasteiger partial charge in [-0.1, -0.05) is 6.07 Å². The van der Waals surface area contributed by atoms with Crippen LogP contribution in [0.4, 0.5) is 5.69 Å². The predicted molar refractivity (Wildman–Crippen MR) is 82.3 cm³/mol. The van der Waals surface area contributed by atoms with Gasteiger partial charge in [-0.25, -0.2) is 8.42 Å². The number of nitro groups is 1. The summed E-state index contributed by atoms with van der Waals surface area (Å²) in [6.07, 6.45) is 0.799. The summed E-state index contributed by atoms with van der Waals surface area (Å²) >= 11 is 0. The fourth-order valence-corrected chi connectivity index (χ4v) is 3.44. The number of carbonyl (C=O) groups is 1. The molecule has 1 saturated heterocycles. The number of hydrogen-bond acceptors (Lipinski definition) is 6. The van der Waals surface area contributed by atoms with Gasteiger partial charge in [0, 0.05) is 31.8 Å². The normalized spacial score (nSPS) is 18.1.